The van der Waals surface area contributed by atoms with Gasteiger partial charge in [-0.1, -0.05) is 6.07 Å². The lowest BCUT2D eigenvalue weighted by atomic mass is 9.54. The van der Waals surface area contributed by atoms with E-state index in [1.807, 2.05) is 0 Å². The number of hydrogen-bond donors (Lipinski definition) is 1. The van der Waals surface area contributed by atoms with Crippen LogP contribution in [0.4, 0.5) is 13.2 Å². The fourth-order valence-electron chi connectivity index (χ4n) is 6.37. The molecule has 4 saturated carbocycles. The summed E-state index contributed by atoms with van der Waals surface area (Å²) >= 11 is 0. The minimum Gasteiger partial charge on any atom is -0.366 e. The van der Waals surface area contributed by atoms with Gasteiger partial charge in [-0.25, -0.2) is 0 Å². The minimum atomic E-state index is -4.43. The van der Waals surface area contributed by atoms with Gasteiger partial charge in [0.25, 0.3) is 5.91 Å². The van der Waals surface area contributed by atoms with E-state index in [0.29, 0.717) is 43.6 Å². The number of amides is 1. The quantitative estimate of drug-likeness (QED) is 0.808. The first-order valence-electron chi connectivity index (χ1n) is 11.0. The van der Waals surface area contributed by atoms with Crippen LogP contribution in [0.1, 0.15) is 43.4 Å². The summed E-state index contributed by atoms with van der Waals surface area (Å²) < 4.78 is 43.8. The standard InChI is InChI=1S/C22H28F3N3O2/c23-22(24,25)19-2-1-13(10-26-19)11-28-3-4-30-18(12-28)21(29)27-20-16-6-14-5-15(8-16)9-17(20)7-14/h1-2,10,14-18,20H,3-9,11-12H2,(H,27,29). The second kappa shape index (κ2) is 7.79. The summed E-state index contributed by atoms with van der Waals surface area (Å²) in [6.07, 6.45) is 2.67. The van der Waals surface area contributed by atoms with Gasteiger partial charge in [0, 0.05) is 31.9 Å². The number of halogens is 3. The average Bonchev–Trinajstić information content (AvgIpc) is 2.70. The zero-order valence-electron chi connectivity index (χ0n) is 16.9. The molecule has 4 aliphatic carbocycles. The van der Waals surface area contributed by atoms with Gasteiger partial charge in [-0.2, -0.15) is 13.2 Å². The van der Waals surface area contributed by atoms with E-state index in [1.165, 1.54) is 44.4 Å². The van der Waals surface area contributed by atoms with Crippen LogP contribution in [0.25, 0.3) is 0 Å². The molecule has 1 N–H and O–H groups in total. The maximum Gasteiger partial charge on any atom is 0.433 e. The Hall–Kier alpha value is -1.67. The van der Waals surface area contributed by atoms with Crippen molar-refractivity contribution in [3.63, 3.8) is 0 Å². The van der Waals surface area contributed by atoms with E-state index in [-0.39, 0.29) is 11.9 Å². The van der Waals surface area contributed by atoms with Gasteiger partial charge in [0.15, 0.2) is 0 Å². The van der Waals surface area contributed by atoms with Gasteiger partial charge in [-0.15, -0.1) is 0 Å². The van der Waals surface area contributed by atoms with Gasteiger partial charge in [-0.3, -0.25) is 14.7 Å². The van der Waals surface area contributed by atoms with Crippen LogP contribution in [0.2, 0.25) is 0 Å². The van der Waals surface area contributed by atoms with Gasteiger partial charge < -0.3 is 10.1 Å². The van der Waals surface area contributed by atoms with Crippen molar-refractivity contribution in [3.8, 4) is 0 Å². The topological polar surface area (TPSA) is 54.5 Å². The maximum absolute atomic E-state index is 12.9. The minimum absolute atomic E-state index is 0.0392. The Labute approximate surface area is 174 Å². The van der Waals surface area contributed by atoms with Crippen LogP contribution >= 0.6 is 0 Å². The number of pyridine rings is 1. The molecular formula is C22H28F3N3O2. The summed E-state index contributed by atoms with van der Waals surface area (Å²) in [7, 11) is 0. The number of aromatic nitrogens is 1. The van der Waals surface area contributed by atoms with E-state index in [9.17, 15) is 18.0 Å². The number of nitrogens with zero attached hydrogens (tertiary/aromatic N) is 2. The lowest BCUT2D eigenvalue weighted by Crippen LogP contribution is -2.59. The van der Waals surface area contributed by atoms with Crippen molar-refractivity contribution in [2.45, 2.75) is 57.0 Å². The molecule has 1 unspecified atom stereocenters. The molecule has 4 bridgehead atoms. The van der Waals surface area contributed by atoms with E-state index >= 15 is 0 Å². The Morgan fingerprint density at radius 3 is 2.43 bits per heavy atom. The Morgan fingerprint density at radius 1 is 1.13 bits per heavy atom. The molecule has 30 heavy (non-hydrogen) atoms. The summed E-state index contributed by atoms with van der Waals surface area (Å²) in [4.78, 5) is 18.5. The van der Waals surface area contributed by atoms with Crippen LogP contribution in [-0.2, 0) is 22.3 Å². The van der Waals surface area contributed by atoms with Crippen molar-refractivity contribution in [1.82, 2.24) is 15.2 Å². The number of rotatable bonds is 4. The first-order chi connectivity index (χ1) is 14.3. The fraction of sp³-hybridized carbons (Fsp3) is 0.727. The zero-order chi connectivity index (χ0) is 20.9. The van der Waals surface area contributed by atoms with Crippen molar-refractivity contribution in [2.75, 3.05) is 19.7 Å². The molecule has 8 heteroatoms. The van der Waals surface area contributed by atoms with Crippen LogP contribution in [0.5, 0.6) is 0 Å². The highest BCUT2D eigenvalue weighted by Crippen LogP contribution is 2.53. The predicted molar refractivity (Wildman–Crippen MR) is 103 cm³/mol. The van der Waals surface area contributed by atoms with Gasteiger partial charge >= 0.3 is 6.18 Å². The summed E-state index contributed by atoms with van der Waals surface area (Å²) in [5.41, 5.74) is -0.189. The third kappa shape index (κ3) is 4.08. The van der Waals surface area contributed by atoms with Crippen LogP contribution in [-0.4, -0.2) is 47.6 Å². The second-order valence-electron chi connectivity index (χ2n) is 9.61. The lowest BCUT2D eigenvalue weighted by Gasteiger charge is -2.54. The Kier molecular flexibility index (Phi) is 5.25. The van der Waals surface area contributed by atoms with Crippen molar-refractivity contribution in [3.05, 3.63) is 29.6 Å². The number of morpholine rings is 1. The van der Waals surface area contributed by atoms with Crippen LogP contribution < -0.4 is 5.32 Å². The van der Waals surface area contributed by atoms with E-state index < -0.39 is 18.0 Å². The number of hydrogen-bond acceptors (Lipinski definition) is 4. The lowest BCUT2D eigenvalue weighted by molar-refractivity contribution is -0.143. The number of alkyl halides is 3. The third-order valence-corrected chi connectivity index (χ3v) is 7.50. The first kappa shape index (κ1) is 20.2. The van der Waals surface area contributed by atoms with Gasteiger partial charge in [0.05, 0.1) is 6.61 Å². The number of carbonyl (C=O) groups is 1. The van der Waals surface area contributed by atoms with Crippen LogP contribution in [0.15, 0.2) is 18.3 Å². The number of nitrogens with one attached hydrogen (secondary N) is 1. The van der Waals surface area contributed by atoms with Gasteiger partial charge in [0.2, 0.25) is 0 Å². The summed E-state index contributed by atoms with van der Waals surface area (Å²) in [6.45, 7) is 1.98. The first-order valence-corrected chi connectivity index (χ1v) is 11.0. The summed E-state index contributed by atoms with van der Waals surface area (Å²) in [5.74, 6) is 2.91. The predicted octanol–water partition coefficient (Wildman–Crippen LogP) is 3.24. The van der Waals surface area contributed by atoms with Crippen molar-refractivity contribution in [1.29, 1.82) is 0 Å². The Bertz CT molecular complexity index is 755. The summed E-state index contributed by atoms with van der Waals surface area (Å²) in [5, 5.41) is 3.31. The highest BCUT2D eigenvalue weighted by Gasteiger charge is 2.49. The SMILES string of the molecule is O=C(NC1C2CC3CC(C2)CC1C3)C1CN(Cc2ccc(C(F)(F)F)nc2)CCO1. The molecule has 6 rings (SSSR count). The Morgan fingerprint density at radius 2 is 1.83 bits per heavy atom. The monoisotopic (exact) mass is 423 g/mol. The largest absolute Gasteiger partial charge is 0.433 e. The van der Waals surface area contributed by atoms with E-state index in [1.54, 1.807) is 0 Å². The smallest absolute Gasteiger partial charge is 0.366 e. The molecule has 5 nitrogen and oxygen atoms in total. The zero-order valence-corrected chi connectivity index (χ0v) is 16.9. The second-order valence-corrected chi connectivity index (χ2v) is 9.61. The molecule has 5 aliphatic rings. The molecule has 1 atom stereocenters. The summed E-state index contributed by atoms with van der Waals surface area (Å²) in [6, 6.07) is 2.74. The van der Waals surface area contributed by atoms with Crippen molar-refractivity contribution < 1.29 is 22.7 Å². The molecular weight excluding hydrogens is 395 g/mol. The molecule has 0 spiro atoms. The molecule has 5 fully saturated rings. The highest BCUT2D eigenvalue weighted by atomic mass is 19.4. The molecule has 1 saturated heterocycles. The highest BCUT2D eigenvalue weighted by molar-refractivity contribution is 5.81. The molecule has 1 amide bonds. The number of carbonyl (C=O) groups excluding carboxylic acids is 1. The Balaban J connectivity index is 1.17. The molecule has 1 aliphatic heterocycles. The molecule has 164 valence electrons. The van der Waals surface area contributed by atoms with Gasteiger partial charge in [-0.05, 0) is 67.4 Å². The normalized spacial score (nSPS) is 36.1. The third-order valence-electron chi connectivity index (χ3n) is 7.50. The molecule has 0 radical (unpaired) electrons. The molecule has 2 heterocycles. The van der Waals surface area contributed by atoms with Crippen molar-refractivity contribution in [2.24, 2.45) is 23.7 Å². The van der Waals surface area contributed by atoms with Crippen LogP contribution in [0.3, 0.4) is 0 Å². The molecule has 0 aromatic carbocycles. The van der Waals surface area contributed by atoms with Crippen molar-refractivity contribution >= 4 is 5.91 Å². The van der Waals surface area contributed by atoms with Crippen LogP contribution in [0, 0.1) is 23.7 Å². The average molecular weight is 423 g/mol. The molecule has 1 aromatic rings. The molecule has 1 aromatic heterocycles. The van der Waals surface area contributed by atoms with E-state index in [2.05, 4.69) is 15.2 Å². The van der Waals surface area contributed by atoms with Gasteiger partial charge in [0.1, 0.15) is 11.8 Å². The van der Waals surface area contributed by atoms with E-state index in [0.717, 1.165) is 17.9 Å². The van der Waals surface area contributed by atoms with E-state index in [4.69, 9.17) is 4.74 Å². The maximum atomic E-state index is 12.9. The number of ether oxygens (including phenoxy) is 1. The fourth-order valence-corrected chi connectivity index (χ4v) is 6.37.